The topological polar surface area (TPSA) is 24.9 Å². The van der Waals surface area contributed by atoms with Crippen LogP contribution in [0.5, 0.6) is 0 Å². The minimum Gasteiger partial charge on any atom is -0.379 e. The second kappa shape index (κ2) is 4.64. The van der Waals surface area contributed by atoms with E-state index in [4.69, 9.17) is 11.6 Å². The fourth-order valence-corrected chi connectivity index (χ4v) is 2.15. The van der Waals surface area contributed by atoms with Gasteiger partial charge in [0.1, 0.15) is 5.15 Å². The van der Waals surface area contributed by atoms with Crippen LogP contribution in [0.2, 0.25) is 5.15 Å². The number of nitrogens with one attached hydrogen (secondary N) is 1. The zero-order chi connectivity index (χ0) is 10.7. The molecule has 2 nitrogen and oxygen atoms in total. The van der Waals surface area contributed by atoms with Gasteiger partial charge in [0, 0.05) is 11.4 Å². The molecule has 0 amide bonds. The average molecular weight is 239 g/mol. The van der Waals surface area contributed by atoms with Crippen LogP contribution in [0, 0.1) is 6.92 Å². The molecule has 4 heteroatoms. The van der Waals surface area contributed by atoms with Crippen LogP contribution in [0.3, 0.4) is 0 Å². The molecular weight excluding hydrogens is 228 g/mol. The first-order valence-corrected chi connectivity index (χ1v) is 5.91. The number of halogens is 1. The van der Waals surface area contributed by atoms with Gasteiger partial charge in [-0.15, -0.1) is 11.3 Å². The van der Waals surface area contributed by atoms with E-state index in [0.717, 1.165) is 17.9 Å². The van der Waals surface area contributed by atoms with Gasteiger partial charge in [0.25, 0.3) is 0 Å². The summed E-state index contributed by atoms with van der Waals surface area (Å²) in [7, 11) is 0. The maximum atomic E-state index is 5.78. The molecule has 0 radical (unpaired) electrons. The van der Waals surface area contributed by atoms with E-state index in [1.807, 2.05) is 13.0 Å². The highest BCUT2D eigenvalue weighted by Gasteiger charge is 2.00. The second-order valence-electron chi connectivity index (χ2n) is 3.20. The fourth-order valence-electron chi connectivity index (χ4n) is 1.31. The number of aromatic nitrogens is 1. The molecule has 0 saturated heterocycles. The largest absolute Gasteiger partial charge is 0.379 e. The molecule has 78 valence electrons. The molecule has 0 aromatic carbocycles. The van der Waals surface area contributed by atoms with Gasteiger partial charge in [0.15, 0.2) is 0 Å². The van der Waals surface area contributed by atoms with Gasteiger partial charge in [-0.25, -0.2) is 4.98 Å². The number of pyridine rings is 1. The maximum absolute atomic E-state index is 5.78. The van der Waals surface area contributed by atoms with Gasteiger partial charge in [-0.3, -0.25) is 0 Å². The molecule has 0 fully saturated rings. The van der Waals surface area contributed by atoms with Gasteiger partial charge in [0.2, 0.25) is 0 Å². The number of anilines is 1. The van der Waals surface area contributed by atoms with Gasteiger partial charge < -0.3 is 5.32 Å². The lowest BCUT2D eigenvalue weighted by molar-refractivity contribution is 1.13. The predicted octanol–water partition coefficient (Wildman–Crippen LogP) is 3.72. The van der Waals surface area contributed by atoms with Crippen molar-refractivity contribution in [2.45, 2.75) is 13.5 Å². The van der Waals surface area contributed by atoms with Crippen LogP contribution in [-0.4, -0.2) is 4.98 Å². The van der Waals surface area contributed by atoms with Gasteiger partial charge in [0.05, 0.1) is 11.4 Å². The second-order valence-corrected chi connectivity index (χ2v) is 4.62. The Labute approximate surface area is 97.9 Å². The van der Waals surface area contributed by atoms with Gasteiger partial charge in [-0.2, -0.15) is 0 Å². The van der Waals surface area contributed by atoms with E-state index in [-0.39, 0.29) is 0 Å². The summed E-state index contributed by atoms with van der Waals surface area (Å²) in [6, 6.07) is 7.91. The van der Waals surface area contributed by atoms with Crippen LogP contribution >= 0.6 is 22.9 Å². The summed E-state index contributed by atoms with van der Waals surface area (Å²) in [5.41, 5.74) is 1.96. The monoisotopic (exact) mass is 238 g/mol. The first kappa shape index (κ1) is 10.5. The molecule has 0 aliphatic rings. The smallest absolute Gasteiger partial charge is 0.129 e. The van der Waals surface area contributed by atoms with E-state index in [9.17, 15) is 0 Å². The molecular formula is C11H11ClN2S. The molecule has 2 aromatic rings. The number of nitrogens with zero attached hydrogens (tertiary/aromatic N) is 1. The number of aryl methyl sites for hydroxylation is 1. The summed E-state index contributed by atoms with van der Waals surface area (Å²) >= 11 is 7.52. The quantitative estimate of drug-likeness (QED) is 0.825. The summed E-state index contributed by atoms with van der Waals surface area (Å²) in [5, 5.41) is 5.94. The Hall–Kier alpha value is -1.06. The number of rotatable bonds is 3. The van der Waals surface area contributed by atoms with Crippen molar-refractivity contribution in [3.8, 4) is 0 Å². The van der Waals surface area contributed by atoms with Crippen molar-refractivity contribution >= 4 is 28.6 Å². The van der Waals surface area contributed by atoms with Crippen LogP contribution in [0.25, 0.3) is 0 Å². The normalized spacial score (nSPS) is 10.3. The van der Waals surface area contributed by atoms with Crippen LogP contribution in [0.1, 0.15) is 10.6 Å². The molecule has 1 N–H and O–H groups in total. The van der Waals surface area contributed by atoms with Crippen LogP contribution in [0.4, 0.5) is 5.69 Å². The van der Waals surface area contributed by atoms with Crippen LogP contribution in [0.15, 0.2) is 29.6 Å². The van der Waals surface area contributed by atoms with Crippen molar-refractivity contribution in [1.29, 1.82) is 0 Å². The minimum absolute atomic E-state index is 0.536. The molecule has 0 bridgehead atoms. The zero-order valence-corrected chi connectivity index (χ0v) is 9.90. The number of thiophene rings is 1. The van der Waals surface area contributed by atoms with Gasteiger partial charge in [-0.1, -0.05) is 17.7 Å². The molecule has 0 aliphatic carbocycles. The highest BCUT2D eigenvalue weighted by Crippen LogP contribution is 2.17. The van der Waals surface area contributed by atoms with E-state index < -0.39 is 0 Å². The molecule has 0 saturated carbocycles. The van der Waals surface area contributed by atoms with Crippen molar-refractivity contribution in [2.75, 3.05) is 5.32 Å². The molecule has 0 spiro atoms. The first-order chi connectivity index (χ1) is 7.25. The Morgan fingerprint density at radius 1 is 1.40 bits per heavy atom. The van der Waals surface area contributed by atoms with E-state index in [1.165, 1.54) is 4.88 Å². The first-order valence-electron chi connectivity index (χ1n) is 4.65. The molecule has 2 rings (SSSR count). The lowest BCUT2D eigenvalue weighted by Gasteiger charge is -2.07. The van der Waals surface area contributed by atoms with E-state index in [1.54, 1.807) is 17.4 Å². The Morgan fingerprint density at radius 2 is 2.27 bits per heavy atom. The van der Waals surface area contributed by atoms with E-state index >= 15 is 0 Å². The van der Waals surface area contributed by atoms with Crippen molar-refractivity contribution in [3.05, 3.63) is 45.4 Å². The standard InChI is InChI=1S/C11H11ClN2S/c1-8-10(4-5-11(12)14-8)13-7-9-3-2-6-15-9/h2-6,13H,7H2,1H3. The van der Waals surface area contributed by atoms with Crippen LogP contribution in [-0.2, 0) is 6.54 Å². The van der Waals surface area contributed by atoms with Crippen LogP contribution < -0.4 is 5.32 Å². The summed E-state index contributed by atoms with van der Waals surface area (Å²) < 4.78 is 0. The summed E-state index contributed by atoms with van der Waals surface area (Å²) in [6.07, 6.45) is 0. The van der Waals surface area contributed by atoms with Gasteiger partial charge >= 0.3 is 0 Å². The van der Waals surface area contributed by atoms with Crippen molar-refractivity contribution in [3.63, 3.8) is 0 Å². The highest BCUT2D eigenvalue weighted by atomic mass is 35.5. The predicted molar refractivity (Wildman–Crippen MR) is 65.6 cm³/mol. The van der Waals surface area contributed by atoms with E-state index in [2.05, 4.69) is 27.8 Å². The van der Waals surface area contributed by atoms with Gasteiger partial charge in [-0.05, 0) is 30.5 Å². The summed E-state index contributed by atoms with van der Waals surface area (Å²) in [4.78, 5) is 5.49. The SMILES string of the molecule is Cc1nc(Cl)ccc1NCc1cccs1. The molecule has 0 unspecified atom stereocenters. The Morgan fingerprint density at radius 3 is 2.93 bits per heavy atom. The average Bonchev–Trinajstić information content (AvgIpc) is 2.69. The lowest BCUT2D eigenvalue weighted by Crippen LogP contribution is -2.00. The number of hydrogen-bond acceptors (Lipinski definition) is 3. The van der Waals surface area contributed by atoms with Crippen molar-refractivity contribution in [1.82, 2.24) is 4.98 Å². The molecule has 2 heterocycles. The summed E-state index contributed by atoms with van der Waals surface area (Å²) in [6.45, 7) is 2.78. The third kappa shape index (κ3) is 2.70. The number of hydrogen-bond donors (Lipinski definition) is 1. The maximum Gasteiger partial charge on any atom is 0.129 e. The molecule has 0 aliphatic heterocycles. The third-order valence-electron chi connectivity index (χ3n) is 2.09. The van der Waals surface area contributed by atoms with E-state index in [0.29, 0.717) is 5.15 Å². The Bertz CT molecular complexity index is 440. The highest BCUT2D eigenvalue weighted by molar-refractivity contribution is 7.09. The van der Waals surface area contributed by atoms with Crippen molar-refractivity contribution in [2.24, 2.45) is 0 Å². The lowest BCUT2D eigenvalue weighted by atomic mass is 10.3. The zero-order valence-electron chi connectivity index (χ0n) is 8.33. The fraction of sp³-hybridized carbons (Fsp3) is 0.182. The minimum atomic E-state index is 0.536. The third-order valence-corrected chi connectivity index (χ3v) is 3.17. The molecule has 15 heavy (non-hydrogen) atoms. The summed E-state index contributed by atoms with van der Waals surface area (Å²) in [5.74, 6) is 0. The molecule has 2 aromatic heterocycles. The molecule has 0 atom stereocenters. The Balaban J connectivity index is 2.05. The Kier molecular flexibility index (Phi) is 3.23. The van der Waals surface area contributed by atoms with Crippen molar-refractivity contribution < 1.29 is 0 Å².